The second-order valence-electron chi connectivity index (χ2n) is 9.00. The van der Waals surface area contributed by atoms with E-state index in [2.05, 4.69) is 10.6 Å². The minimum atomic E-state index is -1.15. The van der Waals surface area contributed by atoms with Gasteiger partial charge in [-0.25, -0.2) is 4.79 Å². The third-order valence-corrected chi connectivity index (χ3v) is 7.41. The molecule has 0 radical (unpaired) electrons. The Morgan fingerprint density at radius 1 is 1.27 bits per heavy atom. The van der Waals surface area contributed by atoms with Crippen LogP contribution in [0.4, 0.5) is 4.79 Å². The van der Waals surface area contributed by atoms with Crippen LogP contribution in [0.1, 0.15) is 51.5 Å². The zero-order valence-electron chi connectivity index (χ0n) is 17.9. The normalized spacial score (nSPS) is 31.0. The van der Waals surface area contributed by atoms with Gasteiger partial charge < -0.3 is 15.4 Å². The maximum absolute atomic E-state index is 13.2. The van der Waals surface area contributed by atoms with Crippen LogP contribution in [-0.4, -0.2) is 42.4 Å². The van der Waals surface area contributed by atoms with Crippen molar-refractivity contribution in [3.8, 4) is 5.75 Å². The quantitative estimate of drug-likeness (QED) is 0.673. The van der Waals surface area contributed by atoms with E-state index in [0.29, 0.717) is 29.6 Å². The van der Waals surface area contributed by atoms with Crippen molar-refractivity contribution >= 4 is 17.8 Å². The Morgan fingerprint density at radius 3 is 2.57 bits per heavy atom. The monoisotopic (exact) mass is 413 g/mol. The summed E-state index contributed by atoms with van der Waals surface area (Å²) in [5.74, 6) is 2.01. The van der Waals surface area contributed by atoms with Gasteiger partial charge in [-0.2, -0.15) is 0 Å². The smallest absolute Gasteiger partial charge is 0.325 e. The van der Waals surface area contributed by atoms with Crippen LogP contribution >= 0.6 is 0 Å². The summed E-state index contributed by atoms with van der Waals surface area (Å²) in [4.78, 5) is 39.6. The van der Waals surface area contributed by atoms with Crippen LogP contribution in [0.2, 0.25) is 0 Å². The number of carbonyl (C=O) groups is 3. The Morgan fingerprint density at radius 2 is 2.00 bits per heavy atom. The maximum Gasteiger partial charge on any atom is 0.325 e. The minimum absolute atomic E-state index is 0.0612. The molecule has 4 amide bonds. The summed E-state index contributed by atoms with van der Waals surface area (Å²) in [7, 11) is 1.57. The number of imide groups is 1. The molecule has 3 fully saturated rings. The van der Waals surface area contributed by atoms with Crippen molar-refractivity contribution in [3.63, 3.8) is 0 Å². The zero-order valence-corrected chi connectivity index (χ0v) is 17.9. The Bertz CT molecular complexity index is 839. The Hall–Kier alpha value is -2.57. The number of carbonyl (C=O) groups excluding carboxylic acids is 3. The SMILES string of the molecule is CCC1(c2ccc(OC)cc2)NC(=O)N(CC(=O)NC(C)C2CC3CCC2C3)C1=O. The average molecular weight is 414 g/mol. The first-order valence-electron chi connectivity index (χ1n) is 11.0. The largest absolute Gasteiger partial charge is 0.497 e. The third-order valence-electron chi connectivity index (χ3n) is 7.41. The number of hydrogen-bond donors (Lipinski definition) is 2. The van der Waals surface area contributed by atoms with E-state index in [4.69, 9.17) is 4.74 Å². The van der Waals surface area contributed by atoms with Crippen molar-refractivity contribution in [3.05, 3.63) is 29.8 Å². The number of nitrogens with zero attached hydrogens (tertiary/aromatic N) is 1. The molecule has 0 spiro atoms. The highest BCUT2D eigenvalue weighted by atomic mass is 16.5. The highest BCUT2D eigenvalue weighted by Crippen LogP contribution is 2.49. The predicted octanol–water partition coefficient (Wildman–Crippen LogP) is 2.79. The molecule has 2 bridgehead atoms. The topological polar surface area (TPSA) is 87.7 Å². The van der Waals surface area contributed by atoms with Gasteiger partial charge in [-0.05, 0) is 68.1 Å². The summed E-state index contributed by atoms with van der Waals surface area (Å²) in [6.07, 6.45) is 5.41. The van der Waals surface area contributed by atoms with Crippen LogP contribution < -0.4 is 15.4 Å². The molecule has 0 aromatic heterocycles. The van der Waals surface area contributed by atoms with Crippen molar-refractivity contribution in [1.29, 1.82) is 0 Å². The number of hydrogen-bond acceptors (Lipinski definition) is 4. The molecule has 7 nitrogen and oxygen atoms in total. The van der Waals surface area contributed by atoms with Gasteiger partial charge in [0.1, 0.15) is 17.8 Å². The molecule has 1 heterocycles. The van der Waals surface area contributed by atoms with Crippen molar-refractivity contribution in [2.75, 3.05) is 13.7 Å². The number of benzene rings is 1. The summed E-state index contributed by atoms with van der Waals surface area (Å²) in [5.41, 5.74) is -0.470. The van der Waals surface area contributed by atoms with E-state index in [9.17, 15) is 14.4 Å². The molecule has 1 aromatic rings. The van der Waals surface area contributed by atoms with Crippen molar-refractivity contribution in [1.82, 2.24) is 15.5 Å². The van der Waals surface area contributed by atoms with Crippen LogP contribution in [-0.2, 0) is 15.1 Å². The van der Waals surface area contributed by atoms with Gasteiger partial charge in [-0.1, -0.05) is 25.5 Å². The van der Waals surface area contributed by atoms with Gasteiger partial charge >= 0.3 is 6.03 Å². The van der Waals surface area contributed by atoms with E-state index >= 15 is 0 Å². The molecule has 2 N–H and O–H groups in total. The second-order valence-corrected chi connectivity index (χ2v) is 9.00. The molecule has 4 rings (SSSR count). The Balaban J connectivity index is 1.43. The standard InChI is InChI=1S/C23H31N3O4/c1-4-23(17-7-9-18(30-3)10-8-17)21(28)26(22(29)25-23)13-20(27)24-14(2)19-12-15-5-6-16(19)11-15/h7-10,14-16,19H,4-6,11-13H2,1-3H3,(H,24,27)(H,25,29). The maximum atomic E-state index is 13.2. The van der Waals surface area contributed by atoms with Gasteiger partial charge in [0.15, 0.2) is 0 Å². The molecular formula is C23H31N3O4. The fraction of sp³-hybridized carbons (Fsp3) is 0.609. The van der Waals surface area contributed by atoms with Gasteiger partial charge in [0.25, 0.3) is 5.91 Å². The van der Waals surface area contributed by atoms with Crippen LogP contribution in [0, 0.1) is 17.8 Å². The molecule has 2 aliphatic carbocycles. The molecule has 162 valence electrons. The summed E-state index contributed by atoms with van der Waals surface area (Å²) >= 11 is 0. The fourth-order valence-electron chi connectivity index (χ4n) is 5.74. The Kier molecular flexibility index (Phi) is 5.47. The predicted molar refractivity (Wildman–Crippen MR) is 112 cm³/mol. The molecule has 1 saturated heterocycles. The number of amides is 4. The van der Waals surface area contributed by atoms with E-state index in [1.807, 2.05) is 13.8 Å². The van der Waals surface area contributed by atoms with Gasteiger partial charge in [-0.15, -0.1) is 0 Å². The minimum Gasteiger partial charge on any atom is -0.497 e. The second kappa shape index (κ2) is 7.93. The number of fused-ring (bicyclic) bond motifs is 2. The van der Waals surface area contributed by atoms with E-state index in [1.165, 1.54) is 25.7 Å². The van der Waals surface area contributed by atoms with E-state index in [-0.39, 0.29) is 24.4 Å². The zero-order chi connectivity index (χ0) is 21.5. The number of urea groups is 1. The lowest BCUT2D eigenvalue weighted by Crippen LogP contribution is -2.47. The molecule has 5 atom stereocenters. The molecule has 1 aromatic carbocycles. The molecule has 1 aliphatic heterocycles. The average Bonchev–Trinajstić information content (AvgIpc) is 3.44. The molecule has 2 saturated carbocycles. The first-order valence-corrected chi connectivity index (χ1v) is 11.0. The highest BCUT2D eigenvalue weighted by molar-refractivity contribution is 6.09. The highest BCUT2D eigenvalue weighted by Gasteiger charge is 2.52. The van der Waals surface area contributed by atoms with Gasteiger partial charge in [0.2, 0.25) is 5.91 Å². The molecular weight excluding hydrogens is 382 g/mol. The van der Waals surface area contributed by atoms with Crippen LogP contribution in [0.15, 0.2) is 24.3 Å². The van der Waals surface area contributed by atoms with E-state index in [0.717, 1.165) is 10.8 Å². The molecule has 7 heteroatoms. The van der Waals surface area contributed by atoms with Crippen LogP contribution in [0.5, 0.6) is 5.75 Å². The van der Waals surface area contributed by atoms with Crippen LogP contribution in [0.3, 0.4) is 0 Å². The molecule has 30 heavy (non-hydrogen) atoms. The summed E-state index contributed by atoms with van der Waals surface area (Å²) in [6, 6.07) is 6.62. The molecule has 5 unspecified atom stereocenters. The number of ether oxygens (including phenoxy) is 1. The van der Waals surface area contributed by atoms with Gasteiger partial charge in [0.05, 0.1) is 7.11 Å². The first-order chi connectivity index (χ1) is 14.4. The Labute approximate surface area is 177 Å². The lowest BCUT2D eigenvalue weighted by molar-refractivity contribution is -0.135. The summed E-state index contributed by atoms with van der Waals surface area (Å²) < 4.78 is 5.18. The summed E-state index contributed by atoms with van der Waals surface area (Å²) in [5, 5.41) is 5.87. The first kappa shape index (κ1) is 20.7. The van der Waals surface area contributed by atoms with E-state index < -0.39 is 11.6 Å². The van der Waals surface area contributed by atoms with Crippen LogP contribution in [0.25, 0.3) is 0 Å². The molecule has 3 aliphatic rings. The number of rotatable bonds is 7. The van der Waals surface area contributed by atoms with Gasteiger partial charge in [-0.3, -0.25) is 14.5 Å². The number of methoxy groups -OCH3 is 1. The number of nitrogens with one attached hydrogen (secondary N) is 2. The lowest BCUT2D eigenvalue weighted by atomic mass is 9.84. The third kappa shape index (κ3) is 3.44. The van der Waals surface area contributed by atoms with Gasteiger partial charge in [0, 0.05) is 6.04 Å². The van der Waals surface area contributed by atoms with Crippen molar-refractivity contribution in [2.24, 2.45) is 17.8 Å². The fourth-order valence-corrected chi connectivity index (χ4v) is 5.74. The van der Waals surface area contributed by atoms with Crippen molar-refractivity contribution in [2.45, 2.75) is 57.5 Å². The lowest BCUT2D eigenvalue weighted by Gasteiger charge is -2.29. The van der Waals surface area contributed by atoms with E-state index in [1.54, 1.807) is 31.4 Å². The summed E-state index contributed by atoms with van der Waals surface area (Å²) in [6.45, 7) is 3.64. The van der Waals surface area contributed by atoms with Crippen molar-refractivity contribution < 1.29 is 19.1 Å².